The van der Waals surface area contributed by atoms with Gasteiger partial charge < -0.3 is 4.90 Å². The summed E-state index contributed by atoms with van der Waals surface area (Å²) in [6.45, 7) is 4.13. The fourth-order valence-electron chi connectivity index (χ4n) is 2.24. The molecule has 0 heterocycles. The first kappa shape index (κ1) is 23.1. The van der Waals surface area contributed by atoms with Crippen molar-refractivity contribution >= 4 is 11.7 Å². The molecule has 0 aromatic carbocycles. The molecule has 0 spiro atoms. The van der Waals surface area contributed by atoms with E-state index in [1.807, 2.05) is 19.1 Å². The molecule has 25 heavy (non-hydrogen) atoms. The monoisotopic (exact) mass is 345 g/mol. The molecule has 140 valence electrons. The van der Waals surface area contributed by atoms with Gasteiger partial charge in [0.05, 0.1) is 0 Å². The van der Waals surface area contributed by atoms with E-state index in [-0.39, 0.29) is 11.7 Å². The quantitative estimate of drug-likeness (QED) is 0.319. The van der Waals surface area contributed by atoms with Gasteiger partial charge in [-0.1, -0.05) is 43.4 Å². The zero-order valence-corrected chi connectivity index (χ0v) is 16.5. The van der Waals surface area contributed by atoms with E-state index in [0.29, 0.717) is 6.42 Å². The van der Waals surface area contributed by atoms with Crippen molar-refractivity contribution in [3.8, 4) is 0 Å². The molecule has 0 N–H and O–H groups in total. The Bertz CT molecular complexity index is 496. The summed E-state index contributed by atoms with van der Waals surface area (Å²) in [5.74, 6) is 0.420. The maximum atomic E-state index is 11.2. The molecular formula is C22H35NO2. The maximum absolute atomic E-state index is 11.2. The van der Waals surface area contributed by atoms with Gasteiger partial charge in [-0.05, 0) is 63.5 Å². The molecule has 1 rings (SSSR count). The summed E-state index contributed by atoms with van der Waals surface area (Å²) in [6.07, 6.45) is 22.1. The molecule has 0 aromatic rings. The van der Waals surface area contributed by atoms with Crippen molar-refractivity contribution in [2.24, 2.45) is 0 Å². The third-order valence-electron chi connectivity index (χ3n) is 3.79. The van der Waals surface area contributed by atoms with Crippen LogP contribution < -0.4 is 0 Å². The third kappa shape index (κ3) is 13.1. The fraction of sp³-hybridized carbons (Fsp3) is 0.545. The van der Waals surface area contributed by atoms with Crippen molar-refractivity contribution < 1.29 is 9.59 Å². The second-order valence-corrected chi connectivity index (χ2v) is 6.26. The number of carbonyl (C=O) groups is 2. The van der Waals surface area contributed by atoms with Crippen molar-refractivity contribution in [3.63, 3.8) is 0 Å². The molecule has 0 radical (unpaired) electrons. The van der Waals surface area contributed by atoms with Crippen LogP contribution >= 0.6 is 0 Å². The minimum absolute atomic E-state index is 0.203. The first-order valence-electron chi connectivity index (χ1n) is 9.39. The molecule has 1 aliphatic rings. The van der Waals surface area contributed by atoms with E-state index < -0.39 is 0 Å². The number of rotatable bonds is 9. The van der Waals surface area contributed by atoms with E-state index in [1.54, 1.807) is 25.1 Å². The van der Waals surface area contributed by atoms with Gasteiger partial charge >= 0.3 is 0 Å². The van der Waals surface area contributed by atoms with Crippen LogP contribution in [0.25, 0.3) is 0 Å². The Balaban J connectivity index is 0.000000477. The van der Waals surface area contributed by atoms with Crippen molar-refractivity contribution in [1.82, 2.24) is 4.90 Å². The lowest BCUT2D eigenvalue weighted by Crippen LogP contribution is -2.20. The van der Waals surface area contributed by atoms with Gasteiger partial charge in [0.1, 0.15) is 0 Å². The van der Waals surface area contributed by atoms with Gasteiger partial charge in [0.2, 0.25) is 5.91 Å². The van der Waals surface area contributed by atoms with Crippen LogP contribution in [0.1, 0.15) is 65.2 Å². The third-order valence-corrected chi connectivity index (χ3v) is 3.79. The SMILES string of the molecule is C/C=C\CCCC(=O)N(C)C.CC/C=C\CCC/C=C1\CC=CC1=O. The van der Waals surface area contributed by atoms with E-state index in [4.69, 9.17) is 0 Å². The van der Waals surface area contributed by atoms with Gasteiger partial charge in [0.25, 0.3) is 0 Å². The lowest BCUT2D eigenvalue weighted by molar-refractivity contribution is -0.128. The smallest absolute Gasteiger partial charge is 0.222 e. The number of carbonyl (C=O) groups excluding carboxylic acids is 2. The first-order chi connectivity index (χ1) is 12.0. The Morgan fingerprint density at radius 1 is 1.12 bits per heavy atom. The molecule has 3 heteroatoms. The average Bonchev–Trinajstić information content (AvgIpc) is 3.00. The number of nitrogens with zero attached hydrogens (tertiary/aromatic N) is 1. The van der Waals surface area contributed by atoms with Gasteiger partial charge in [0.15, 0.2) is 5.78 Å². The summed E-state index contributed by atoms with van der Waals surface area (Å²) >= 11 is 0. The zero-order valence-electron chi connectivity index (χ0n) is 16.5. The minimum Gasteiger partial charge on any atom is -0.349 e. The second-order valence-electron chi connectivity index (χ2n) is 6.26. The molecule has 0 fully saturated rings. The lowest BCUT2D eigenvalue weighted by atomic mass is 10.1. The highest BCUT2D eigenvalue weighted by Gasteiger charge is 2.08. The predicted octanol–water partition coefficient (Wildman–Crippen LogP) is 5.40. The number of amides is 1. The van der Waals surface area contributed by atoms with Crippen molar-refractivity contribution in [2.45, 2.75) is 65.2 Å². The highest BCUT2D eigenvalue weighted by molar-refractivity contribution is 6.06. The summed E-state index contributed by atoms with van der Waals surface area (Å²) in [7, 11) is 3.58. The normalized spacial score (nSPS) is 15.2. The molecule has 1 aliphatic carbocycles. The zero-order chi connectivity index (χ0) is 18.9. The Hall–Kier alpha value is -1.90. The predicted molar refractivity (Wildman–Crippen MR) is 107 cm³/mol. The minimum atomic E-state index is 0.203. The van der Waals surface area contributed by atoms with Gasteiger partial charge in [0, 0.05) is 20.5 Å². The molecule has 0 unspecified atom stereocenters. The second kappa shape index (κ2) is 15.6. The number of allylic oxidation sites excluding steroid dienone is 8. The van der Waals surface area contributed by atoms with E-state index in [0.717, 1.165) is 50.5 Å². The molecular weight excluding hydrogens is 310 g/mol. The fourth-order valence-corrected chi connectivity index (χ4v) is 2.24. The van der Waals surface area contributed by atoms with Gasteiger partial charge in [-0.3, -0.25) is 9.59 Å². The summed E-state index contributed by atoms with van der Waals surface area (Å²) < 4.78 is 0. The van der Waals surface area contributed by atoms with Crippen molar-refractivity contribution in [3.05, 3.63) is 48.1 Å². The molecule has 0 saturated carbocycles. The van der Waals surface area contributed by atoms with Crippen LogP contribution in [0, 0.1) is 0 Å². The van der Waals surface area contributed by atoms with Crippen molar-refractivity contribution in [1.29, 1.82) is 0 Å². The van der Waals surface area contributed by atoms with Crippen LogP contribution in [0.5, 0.6) is 0 Å². The van der Waals surface area contributed by atoms with Gasteiger partial charge in [-0.25, -0.2) is 0 Å². The lowest BCUT2D eigenvalue weighted by Gasteiger charge is -2.08. The van der Waals surface area contributed by atoms with Crippen LogP contribution in [0.3, 0.4) is 0 Å². The Labute approximate surface area is 154 Å². The maximum Gasteiger partial charge on any atom is 0.222 e. The molecule has 0 bridgehead atoms. The molecule has 0 atom stereocenters. The Kier molecular flexibility index (Phi) is 14.4. The standard InChI is InChI=1S/C13H18O.C9H17NO/c1-2-3-4-5-6-7-9-12-10-8-11-13(12)14;1-4-5-6-7-8-9(11)10(2)3/h3-4,8-9,11H,2,5-7,10H2,1H3;4-5H,6-8H2,1-3H3/b4-3-,12-9+;5-4-. The van der Waals surface area contributed by atoms with Crippen LogP contribution in [0.4, 0.5) is 0 Å². The number of ketones is 1. The topological polar surface area (TPSA) is 37.4 Å². The summed E-state index contributed by atoms with van der Waals surface area (Å²) in [5.41, 5.74) is 0.976. The molecule has 3 nitrogen and oxygen atoms in total. The van der Waals surface area contributed by atoms with E-state index in [1.165, 1.54) is 0 Å². The highest BCUT2D eigenvalue weighted by atomic mass is 16.2. The van der Waals surface area contributed by atoms with E-state index >= 15 is 0 Å². The Morgan fingerprint density at radius 2 is 1.84 bits per heavy atom. The van der Waals surface area contributed by atoms with Gasteiger partial charge in [-0.2, -0.15) is 0 Å². The summed E-state index contributed by atoms with van der Waals surface area (Å²) in [5, 5.41) is 0. The molecule has 0 aromatic heterocycles. The summed E-state index contributed by atoms with van der Waals surface area (Å²) in [4.78, 5) is 23.8. The first-order valence-corrected chi connectivity index (χ1v) is 9.39. The number of hydrogen-bond acceptors (Lipinski definition) is 2. The Morgan fingerprint density at radius 3 is 2.40 bits per heavy atom. The molecule has 0 saturated heterocycles. The number of hydrogen-bond donors (Lipinski definition) is 0. The van der Waals surface area contributed by atoms with Crippen LogP contribution in [0.15, 0.2) is 48.1 Å². The van der Waals surface area contributed by atoms with Gasteiger partial charge in [-0.15, -0.1) is 0 Å². The van der Waals surface area contributed by atoms with E-state index in [2.05, 4.69) is 31.2 Å². The highest BCUT2D eigenvalue weighted by Crippen LogP contribution is 2.14. The summed E-state index contributed by atoms with van der Waals surface area (Å²) in [6, 6.07) is 0. The van der Waals surface area contributed by atoms with Crippen molar-refractivity contribution in [2.75, 3.05) is 14.1 Å². The molecule has 1 amide bonds. The number of unbranched alkanes of at least 4 members (excludes halogenated alkanes) is 3. The van der Waals surface area contributed by atoms with E-state index in [9.17, 15) is 9.59 Å². The van der Waals surface area contributed by atoms with Crippen LogP contribution in [-0.4, -0.2) is 30.7 Å². The molecule has 0 aliphatic heterocycles. The van der Waals surface area contributed by atoms with Crippen LogP contribution in [-0.2, 0) is 9.59 Å². The van der Waals surface area contributed by atoms with Crippen LogP contribution in [0.2, 0.25) is 0 Å². The largest absolute Gasteiger partial charge is 0.349 e. The average molecular weight is 346 g/mol.